The predicted molar refractivity (Wildman–Crippen MR) is 76.0 cm³/mol. The summed E-state index contributed by atoms with van der Waals surface area (Å²) in [5.41, 5.74) is 2.53. The molecule has 3 nitrogen and oxygen atoms in total. The first-order valence-corrected chi connectivity index (χ1v) is 6.88. The molecule has 1 aromatic carbocycles. The Balaban J connectivity index is 2.33. The van der Waals surface area contributed by atoms with Crippen LogP contribution in [0.5, 0.6) is 0 Å². The second kappa shape index (κ2) is 5.33. The van der Waals surface area contributed by atoms with Crippen molar-refractivity contribution < 1.29 is 9.53 Å². The van der Waals surface area contributed by atoms with Crippen LogP contribution in [-0.2, 0) is 15.1 Å². The van der Waals surface area contributed by atoms with Gasteiger partial charge in [-0.3, -0.25) is 5.32 Å². The van der Waals surface area contributed by atoms with Gasteiger partial charge >= 0.3 is 5.97 Å². The lowest BCUT2D eigenvalue weighted by molar-refractivity contribution is -0.148. The van der Waals surface area contributed by atoms with Gasteiger partial charge in [0.2, 0.25) is 0 Å². The van der Waals surface area contributed by atoms with E-state index in [0.29, 0.717) is 5.92 Å². The molecule has 3 heteroatoms. The molecule has 1 aliphatic rings. The van der Waals surface area contributed by atoms with E-state index < -0.39 is 5.54 Å². The molecule has 1 aliphatic carbocycles. The van der Waals surface area contributed by atoms with Gasteiger partial charge in [-0.05, 0) is 57.2 Å². The molecule has 1 saturated carbocycles. The molecule has 0 radical (unpaired) electrons. The minimum atomic E-state index is -0.757. The smallest absolute Gasteiger partial charge is 0.330 e. The van der Waals surface area contributed by atoms with E-state index in [9.17, 15) is 4.79 Å². The lowest BCUT2D eigenvalue weighted by atomic mass is 9.87. The Morgan fingerprint density at radius 1 is 1.42 bits per heavy atom. The number of carbonyl (C=O) groups is 1. The van der Waals surface area contributed by atoms with Crippen molar-refractivity contribution >= 4 is 5.97 Å². The predicted octanol–water partition coefficient (Wildman–Crippen LogP) is 2.69. The quantitative estimate of drug-likeness (QED) is 0.828. The van der Waals surface area contributed by atoms with Crippen LogP contribution in [0.3, 0.4) is 0 Å². The zero-order valence-corrected chi connectivity index (χ0v) is 12.2. The molecule has 104 valence electrons. The second-order valence-electron chi connectivity index (χ2n) is 5.76. The van der Waals surface area contributed by atoms with Crippen molar-refractivity contribution in [3.8, 4) is 0 Å². The molecule has 0 bridgehead atoms. The second-order valence-corrected chi connectivity index (χ2v) is 5.76. The molecule has 0 amide bonds. The highest BCUT2D eigenvalue weighted by molar-refractivity contribution is 5.82. The number of rotatable bonds is 5. The number of ether oxygens (including phenoxy) is 1. The molecule has 1 unspecified atom stereocenters. The molecule has 1 N–H and O–H groups in total. The van der Waals surface area contributed by atoms with Gasteiger partial charge in [-0.25, -0.2) is 4.79 Å². The molecule has 0 spiro atoms. The number of nitrogens with one attached hydrogen (secondary N) is 1. The normalized spacial score (nSPS) is 17.9. The summed E-state index contributed by atoms with van der Waals surface area (Å²) in [5, 5.41) is 3.42. The van der Waals surface area contributed by atoms with Gasteiger partial charge in [0.05, 0.1) is 7.11 Å². The van der Waals surface area contributed by atoms with Gasteiger partial charge in [-0.15, -0.1) is 0 Å². The van der Waals surface area contributed by atoms with Gasteiger partial charge in [-0.2, -0.15) is 0 Å². The summed E-state index contributed by atoms with van der Waals surface area (Å²) in [6.07, 6.45) is 2.52. The van der Waals surface area contributed by atoms with Gasteiger partial charge < -0.3 is 4.74 Å². The topological polar surface area (TPSA) is 38.3 Å². The molecule has 0 saturated heterocycles. The fraction of sp³-hybridized carbons (Fsp3) is 0.562. The van der Waals surface area contributed by atoms with E-state index in [1.54, 1.807) is 0 Å². The summed E-state index contributed by atoms with van der Waals surface area (Å²) in [6, 6.07) is 6.20. The highest BCUT2D eigenvalue weighted by atomic mass is 16.5. The Labute approximate surface area is 115 Å². The van der Waals surface area contributed by atoms with Gasteiger partial charge in [0.15, 0.2) is 0 Å². The summed E-state index contributed by atoms with van der Waals surface area (Å²) in [7, 11) is 1.45. The fourth-order valence-corrected chi connectivity index (χ4v) is 2.43. The number of aryl methyl sites for hydroxylation is 2. The first-order valence-electron chi connectivity index (χ1n) is 6.88. The highest BCUT2D eigenvalue weighted by Crippen LogP contribution is 2.31. The van der Waals surface area contributed by atoms with Gasteiger partial charge in [0, 0.05) is 0 Å². The Bertz CT molecular complexity index is 480. The van der Waals surface area contributed by atoms with Crippen molar-refractivity contribution in [3.05, 3.63) is 34.9 Å². The lowest BCUT2D eigenvalue weighted by Crippen LogP contribution is -2.48. The number of benzene rings is 1. The maximum absolute atomic E-state index is 12.2. The minimum absolute atomic E-state index is 0.221. The molecule has 1 aromatic rings. The van der Waals surface area contributed by atoms with Crippen molar-refractivity contribution in [2.45, 2.75) is 39.2 Å². The number of hydrogen-bond acceptors (Lipinski definition) is 3. The van der Waals surface area contributed by atoms with E-state index >= 15 is 0 Å². The minimum Gasteiger partial charge on any atom is -0.467 e. The summed E-state index contributed by atoms with van der Waals surface area (Å²) < 4.78 is 5.02. The van der Waals surface area contributed by atoms with E-state index in [4.69, 9.17) is 4.74 Å². The van der Waals surface area contributed by atoms with Crippen molar-refractivity contribution in [1.82, 2.24) is 5.32 Å². The van der Waals surface area contributed by atoms with Crippen molar-refractivity contribution in [3.63, 3.8) is 0 Å². The molecule has 1 fully saturated rings. The monoisotopic (exact) mass is 261 g/mol. The largest absolute Gasteiger partial charge is 0.467 e. The fourth-order valence-electron chi connectivity index (χ4n) is 2.43. The van der Waals surface area contributed by atoms with Crippen LogP contribution >= 0.6 is 0 Å². The Morgan fingerprint density at radius 3 is 2.68 bits per heavy atom. The SMILES string of the molecule is COC(=O)C(C)(NCC1CC1)c1cc(C)ccc1C. The average molecular weight is 261 g/mol. The summed E-state index contributed by atoms with van der Waals surface area (Å²) >= 11 is 0. The van der Waals surface area contributed by atoms with Crippen LogP contribution in [0.15, 0.2) is 18.2 Å². The molecular weight excluding hydrogens is 238 g/mol. The third kappa shape index (κ3) is 2.98. The molecule has 19 heavy (non-hydrogen) atoms. The van der Waals surface area contributed by atoms with Crippen molar-refractivity contribution in [2.24, 2.45) is 5.92 Å². The average Bonchev–Trinajstić information content (AvgIpc) is 3.22. The van der Waals surface area contributed by atoms with Crippen LogP contribution in [0, 0.1) is 19.8 Å². The van der Waals surface area contributed by atoms with E-state index in [1.807, 2.05) is 20.8 Å². The van der Waals surface area contributed by atoms with Gasteiger partial charge in [-0.1, -0.05) is 23.8 Å². The maximum atomic E-state index is 12.2. The molecule has 0 heterocycles. The van der Waals surface area contributed by atoms with Crippen LogP contribution in [0.1, 0.15) is 36.5 Å². The molecule has 2 rings (SSSR count). The number of hydrogen-bond donors (Lipinski definition) is 1. The van der Waals surface area contributed by atoms with Gasteiger partial charge in [0.25, 0.3) is 0 Å². The van der Waals surface area contributed by atoms with E-state index in [0.717, 1.165) is 23.2 Å². The van der Waals surface area contributed by atoms with E-state index in [2.05, 4.69) is 23.5 Å². The zero-order chi connectivity index (χ0) is 14.0. The standard InChI is InChI=1S/C16H23NO2/c1-11-5-6-12(2)14(9-11)16(3,15(18)19-4)17-10-13-7-8-13/h5-6,9,13,17H,7-8,10H2,1-4H3. The van der Waals surface area contributed by atoms with Crippen LogP contribution in [0.2, 0.25) is 0 Å². The zero-order valence-electron chi connectivity index (χ0n) is 12.2. The summed E-state index contributed by atoms with van der Waals surface area (Å²) in [4.78, 5) is 12.2. The van der Waals surface area contributed by atoms with Gasteiger partial charge in [0.1, 0.15) is 5.54 Å². The first-order chi connectivity index (χ1) is 8.97. The van der Waals surface area contributed by atoms with E-state index in [-0.39, 0.29) is 5.97 Å². The lowest BCUT2D eigenvalue weighted by Gasteiger charge is -2.30. The summed E-state index contributed by atoms with van der Waals surface area (Å²) in [6.45, 7) is 6.87. The van der Waals surface area contributed by atoms with Crippen molar-refractivity contribution in [1.29, 1.82) is 0 Å². The van der Waals surface area contributed by atoms with Crippen LogP contribution in [-0.4, -0.2) is 19.6 Å². The summed E-state index contributed by atoms with van der Waals surface area (Å²) in [5.74, 6) is 0.496. The van der Waals surface area contributed by atoms with Crippen molar-refractivity contribution in [2.75, 3.05) is 13.7 Å². The Kier molecular flexibility index (Phi) is 3.95. The Hall–Kier alpha value is -1.35. The third-order valence-electron chi connectivity index (χ3n) is 3.97. The number of methoxy groups -OCH3 is 1. The molecule has 0 aliphatic heterocycles. The molecular formula is C16H23NO2. The number of carbonyl (C=O) groups excluding carboxylic acids is 1. The highest BCUT2D eigenvalue weighted by Gasteiger charge is 2.38. The Morgan fingerprint density at radius 2 is 2.11 bits per heavy atom. The third-order valence-corrected chi connectivity index (χ3v) is 3.97. The number of esters is 1. The maximum Gasteiger partial charge on any atom is 0.330 e. The first kappa shape index (κ1) is 14.1. The molecule has 1 atom stereocenters. The van der Waals surface area contributed by atoms with E-state index in [1.165, 1.54) is 20.0 Å². The molecule has 0 aromatic heterocycles. The van der Waals surface area contributed by atoms with Crippen LogP contribution < -0.4 is 5.32 Å². The van der Waals surface area contributed by atoms with Crippen LogP contribution in [0.4, 0.5) is 0 Å². The van der Waals surface area contributed by atoms with Crippen LogP contribution in [0.25, 0.3) is 0 Å².